The van der Waals surface area contributed by atoms with E-state index in [1.807, 2.05) is 60.7 Å². The van der Waals surface area contributed by atoms with E-state index < -0.39 is 5.41 Å². The maximum atomic E-state index is 5.01. The summed E-state index contributed by atoms with van der Waals surface area (Å²) in [6, 6.07) is 102. The van der Waals surface area contributed by atoms with Crippen molar-refractivity contribution in [3.8, 4) is 56.7 Å². The van der Waals surface area contributed by atoms with Crippen molar-refractivity contribution >= 4 is 43.6 Å². The summed E-state index contributed by atoms with van der Waals surface area (Å²) < 4.78 is 4.80. The number of rotatable bonds is 10. The summed E-state index contributed by atoms with van der Waals surface area (Å²) in [4.78, 5) is 14.9. The molecule has 3 aromatic heterocycles. The largest absolute Gasteiger partial charge is 0.309 e. The van der Waals surface area contributed by atoms with E-state index in [1.54, 1.807) is 0 Å². The molecule has 0 aliphatic carbocycles. The second-order valence-corrected chi connectivity index (χ2v) is 19.1. The van der Waals surface area contributed by atoms with Gasteiger partial charge in [0, 0.05) is 49.6 Å². The van der Waals surface area contributed by atoms with Crippen molar-refractivity contribution in [2.24, 2.45) is 0 Å². The van der Waals surface area contributed by atoms with E-state index in [0.717, 1.165) is 55.7 Å². The molecule has 0 N–H and O–H groups in total. The number of para-hydroxylation sites is 2. The molecule has 0 saturated carbocycles. The summed E-state index contributed by atoms with van der Waals surface area (Å²) in [5.41, 5.74) is 16.3. The topological polar surface area (TPSA) is 48.5 Å². The van der Waals surface area contributed by atoms with E-state index >= 15 is 0 Å². The van der Waals surface area contributed by atoms with Crippen LogP contribution in [0.5, 0.6) is 0 Å². The molecule has 0 saturated heterocycles. The van der Waals surface area contributed by atoms with E-state index in [9.17, 15) is 0 Å². The highest BCUT2D eigenvalue weighted by Gasteiger charge is 2.38. The molecule has 0 spiro atoms. The Kier molecular flexibility index (Phi) is 10.7. The van der Waals surface area contributed by atoms with Crippen LogP contribution in [0.2, 0.25) is 0 Å². The third-order valence-corrected chi connectivity index (χ3v) is 14.9. The van der Waals surface area contributed by atoms with Crippen LogP contribution in [-0.4, -0.2) is 24.1 Å². The summed E-state index contributed by atoms with van der Waals surface area (Å²) in [5, 5.41) is 4.83. The summed E-state index contributed by atoms with van der Waals surface area (Å²) in [7, 11) is 0. The molecule has 0 unspecified atom stereocenters. The first kappa shape index (κ1) is 43.8. The van der Waals surface area contributed by atoms with Gasteiger partial charge < -0.3 is 9.13 Å². The molecule has 75 heavy (non-hydrogen) atoms. The monoisotopic (exact) mass is 957 g/mol. The molecule has 5 nitrogen and oxygen atoms in total. The maximum Gasteiger partial charge on any atom is 0.164 e. The fraction of sp³-hybridized carbons (Fsp3) is 0.0143. The van der Waals surface area contributed by atoms with Crippen LogP contribution in [0.1, 0.15) is 22.3 Å². The van der Waals surface area contributed by atoms with Gasteiger partial charge in [-0.15, -0.1) is 0 Å². The molecule has 14 rings (SSSR count). The highest BCUT2D eigenvalue weighted by Crippen LogP contribution is 2.46. The first-order chi connectivity index (χ1) is 37.2. The predicted octanol–water partition coefficient (Wildman–Crippen LogP) is 17.1. The highest BCUT2D eigenvalue weighted by atomic mass is 15.0. The minimum Gasteiger partial charge on any atom is -0.309 e. The lowest BCUT2D eigenvalue weighted by Gasteiger charge is -2.37. The second kappa shape index (κ2) is 18.3. The molecule has 0 atom stereocenters. The Hall–Kier alpha value is -9.97. The van der Waals surface area contributed by atoms with Crippen molar-refractivity contribution in [1.29, 1.82) is 0 Å². The van der Waals surface area contributed by atoms with Crippen molar-refractivity contribution < 1.29 is 0 Å². The van der Waals surface area contributed by atoms with E-state index in [-0.39, 0.29) is 0 Å². The average molecular weight is 958 g/mol. The van der Waals surface area contributed by atoms with Crippen molar-refractivity contribution in [1.82, 2.24) is 24.1 Å². The summed E-state index contributed by atoms with van der Waals surface area (Å²) in [5.74, 6) is 1.91. The van der Waals surface area contributed by atoms with Gasteiger partial charge in [-0.25, -0.2) is 15.0 Å². The number of fused-ring (bicyclic) bond motifs is 6. The molecule has 352 valence electrons. The smallest absolute Gasteiger partial charge is 0.164 e. The van der Waals surface area contributed by atoms with Crippen LogP contribution in [0, 0.1) is 0 Å². The average Bonchev–Trinajstić information content (AvgIpc) is 4.03. The Balaban J connectivity index is 0.859. The van der Waals surface area contributed by atoms with Gasteiger partial charge >= 0.3 is 0 Å². The van der Waals surface area contributed by atoms with Gasteiger partial charge in [-0.3, -0.25) is 0 Å². The molecule has 0 aliphatic rings. The van der Waals surface area contributed by atoms with Crippen LogP contribution in [0.25, 0.3) is 100 Å². The summed E-state index contributed by atoms with van der Waals surface area (Å²) >= 11 is 0. The van der Waals surface area contributed by atoms with E-state index in [2.05, 4.69) is 234 Å². The van der Waals surface area contributed by atoms with Crippen molar-refractivity contribution in [2.45, 2.75) is 5.41 Å². The minimum atomic E-state index is -0.524. The van der Waals surface area contributed by atoms with E-state index in [1.165, 1.54) is 49.3 Å². The van der Waals surface area contributed by atoms with Gasteiger partial charge in [0.25, 0.3) is 0 Å². The molecule has 0 bridgehead atoms. The van der Waals surface area contributed by atoms with Gasteiger partial charge in [0.2, 0.25) is 0 Å². The maximum absolute atomic E-state index is 5.01. The van der Waals surface area contributed by atoms with Gasteiger partial charge in [0.1, 0.15) is 0 Å². The number of hydrogen-bond acceptors (Lipinski definition) is 3. The normalized spacial score (nSPS) is 11.7. The van der Waals surface area contributed by atoms with Crippen molar-refractivity contribution in [3.05, 3.63) is 307 Å². The zero-order valence-corrected chi connectivity index (χ0v) is 40.9. The van der Waals surface area contributed by atoms with Crippen LogP contribution < -0.4 is 0 Å². The quantitative estimate of drug-likeness (QED) is 0.128. The van der Waals surface area contributed by atoms with Gasteiger partial charge in [-0.1, -0.05) is 218 Å². The molecule has 0 amide bonds. The van der Waals surface area contributed by atoms with E-state index in [4.69, 9.17) is 15.0 Å². The van der Waals surface area contributed by atoms with Crippen LogP contribution in [0.15, 0.2) is 285 Å². The van der Waals surface area contributed by atoms with Crippen LogP contribution in [0.3, 0.4) is 0 Å². The molecule has 3 heterocycles. The third-order valence-electron chi connectivity index (χ3n) is 14.9. The summed E-state index contributed by atoms with van der Waals surface area (Å²) in [6.45, 7) is 0. The Morgan fingerprint density at radius 1 is 0.227 bits per heavy atom. The Bertz CT molecular complexity index is 4200. The van der Waals surface area contributed by atoms with Crippen LogP contribution >= 0.6 is 0 Å². The van der Waals surface area contributed by atoms with E-state index in [0.29, 0.717) is 17.5 Å². The molecular formula is C70H47N5. The zero-order valence-electron chi connectivity index (χ0n) is 40.9. The predicted molar refractivity (Wildman–Crippen MR) is 309 cm³/mol. The van der Waals surface area contributed by atoms with Crippen molar-refractivity contribution in [3.63, 3.8) is 0 Å². The molecule has 0 aliphatic heterocycles. The second-order valence-electron chi connectivity index (χ2n) is 19.1. The molecule has 5 heteroatoms. The Labute approximate surface area is 435 Å². The zero-order chi connectivity index (χ0) is 49.7. The molecule has 0 fully saturated rings. The highest BCUT2D eigenvalue weighted by molar-refractivity contribution is 6.12. The Morgan fingerprint density at radius 3 is 1.07 bits per heavy atom. The first-order valence-electron chi connectivity index (χ1n) is 25.5. The van der Waals surface area contributed by atoms with Crippen LogP contribution in [0.4, 0.5) is 0 Å². The SMILES string of the molecule is c1ccc(-c2nc(-c3ccccc3)nc(-c3ccc(-n4c5ccccc5c5ccc(-c6ccc7c(c6)c6ccccc6n7-c6ccc(C(c7ccccc7)(c7ccccc7)c7ccccc7)cc6)cc54)cc3)n2)cc1. The van der Waals surface area contributed by atoms with Crippen molar-refractivity contribution in [2.75, 3.05) is 0 Å². The first-order valence-corrected chi connectivity index (χ1v) is 25.5. The number of aromatic nitrogens is 5. The molecular weight excluding hydrogens is 911 g/mol. The van der Waals surface area contributed by atoms with Gasteiger partial charge in [0.15, 0.2) is 17.5 Å². The number of hydrogen-bond donors (Lipinski definition) is 0. The molecule has 0 radical (unpaired) electrons. The number of benzene rings is 11. The Morgan fingerprint density at radius 2 is 0.560 bits per heavy atom. The van der Waals surface area contributed by atoms with Crippen LogP contribution in [-0.2, 0) is 5.41 Å². The molecule has 11 aromatic carbocycles. The van der Waals surface area contributed by atoms with Gasteiger partial charge in [-0.05, 0) is 100 Å². The third kappa shape index (κ3) is 7.44. The van der Waals surface area contributed by atoms with Gasteiger partial charge in [-0.2, -0.15) is 0 Å². The van der Waals surface area contributed by atoms with Gasteiger partial charge in [0.05, 0.1) is 27.5 Å². The lowest BCUT2D eigenvalue weighted by Crippen LogP contribution is -2.30. The lowest BCUT2D eigenvalue weighted by atomic mass is 9.65. The summed E-state index contributed by atoms with van der Waals surface area (Å²) in [6.07, 6.45) is 0. The number of nitrogens with zero attached hydrogens (tertiary/aromatic N) is 5. The standard InChI is InChI=1S/C70H47N5/c1-6-20-48(21-7-1)67-71-68(49-22-8-2-9-23-49)73-69(72-67)50-34-40-57(41-35-50)75-63-32-18-16-30-59(63)61-44-36-52(47-66(61)75)51-37-45-65-62(46-51)60-31-17-19-33-64(60)74(65)58-42-38-56(39-43-58)70(53-24-10-3-11-25-53,54-26-12-4-13-27-54)55-28-14-5-15-29-55/h1-47H. The minimum absolute atomic E-state index is 0.524. The fourth-order valence-electron chi connectivity index (χ4n) is 11.5. The lowest BCUT2D eigenvalue weighted by molar-refractivity contribution is 0.745. The fourth-order valence-corrected chi connectivity index (χ4v) is 11.5. The molecule has 14 aromatic rings.